The van der Waals surface area contributed by atoms with E-state index in [4.69, 9.17) is 14.2 Å². The second-order valence-electron chi connectivity index (χ2n) is 5.46. The number of fused-ring (bicyclic) bond motifs is 1. The molecule has 0 aliphatic carbocycles. The van der Waals surface area contributed by atoms with Crippen LogP contribution in [0.3, 0.4) is 0 Å². The van der Waals surface area contributed by atoms with Gasteiger partial charge in [-0.1, -0.05) is 30.3 Å². The first kappa shape index (κ1) is 16.1. The van der Waals surface area contributed by atoms with Gasteiger partial charge in [0.25, 0.3) is 0 Å². The van der Waals surface area contributed by atoms with E-state index >= 15 is 0 Å². The summed E-state index contributed by atoms with van der Waals surface area (Å²) in [5, 5.41) is 12.3. The van der Waals surface area contributed by atoms with Crippen LogP contribution < -0.4 is 14.2 Å². The molecule has 0 radical (unpaired) electrons. The SMILES string of the molecule is COc1ccc(OCC(O)COc2ccc3ccccc3c2)cc1. The maximum absolute atomic E-state index is 10.0. The van der Waals surface area contributed by atoms with E-state index in [9.17, 15) is 5.11 Å². The minimum atomic E-state index is -0.710. The van der Waals surface area contributed by atoms with Crippen molar-refractivity contribution in [2.24, 2.45) is 0 Å². The molecule has 4 heteroatoms. The molecule has 3 rings (SSSR count). The molecule has 4 nitrogen and oxygen atoms in total. The number of rotatable bonds is 7. The fraction of sp³-hybridized carbons (Fsp3) is 0.200. The van der Waals surface area contributed by atoms with Crippen LogP contribution in [0.2, 0.25) is 0 Å². The summed E-state index contributed by atoms with van der Waals surface area (Å²) in [5.41, 5.74) is 0. The Labute approximate surface area is 141 Å². The zero-order chi connectivity index (χ0) is 16.8. The largest absolute Gasteiger partial charge is 0.497 e. The molecule has 124 valence electrons. The van der Waals surface area contributed by atoms with E-state index in [2.05, 4.69) is 6.07 Å². The Morgan fingerprint density at radius 2 is 1.33 bits per heavy atom. The summed E-state index contributed by atoms with van der Waals surface area (Å²) in [4.78, 5) is 0. The Kier molecular flexibility index (Phi) is 5.18. The van der Waals surface area contributed by atoms with Crippen molar-refractivity contribution in [2.75, 3.05) is 20.3 Å². The van der Waals surface area contributed by atoms with Crippen molar-refractivity contribution >= 4 is 10.8 Å². The average molecular weight is 324 g/mol. The summed E-state index contributed by atoms with van der Waals surface area (Å²) in [6.45, 7) is 0.342. The predicted octanol–water partition coefficient (Wildman–Crippen LogP) is 3.67. The quantitative estimate of drug-likeness (QED) is 0.720. The first-order chi connectivity index (χ1) is 11.7. The van der Waals surface area contributed by atoms with Crippen molar-refractivity contribution in [3.05, 3.63) is 66.7 Å². The molecule has 1 atom stereocenters. The van der Waals surface area contributed by atoms with Gasteiger partial charge in [-0.3, -0.25) is 0 Å². The van der Waals surface area contributed by atoms with Crippen LogP contribution in [0.4, 0.5) is 0 Å². The lowest BCUT2D eigenvalue weighted by Gasteiger charge is -2.14. The first-order valence-electron chi connectivity index (χ1n) is 7.81. The van der Waals surface area contributed by atoms with Crippen molar-refractivity contribution in [2.45, 2.75) is 6.10 Å². The Morgan fingerprint density at radius 3 is 2.04 bits per heavy atom. The summed E-state index contributed by atoms with van der Waals surface area (Å²) >= 11 is 0. The molecule has 0 aliphatic heterocycles. The van der Waals surface area contributed by atoms with E-state index < -0.39 is 6.10 Å². The number of methoxy groups -OCH3 is 1. The summed E-state index contributed by atoms with van der Waals surface area (Å²) in [7, 11) is 1.61. The summed E-state index contributed by atoms with van der Waals surface area (Å²) in [5.74, 6) is 2.18. The van der Waals surface area contributed by atoms with Gasteiger partial charge in [-0.05, 0) is 47.2 Å². The lowest BCUT2D eigenvalue weighted by Crippen LogP contribution is -2.25. The summed E-state index contributed by atoms with van der Waals surface area (Å²) in [6, 6.07) is 21.2. The number of hydrogen-bond acceptors (Lipinski definition) is 4. The van der Waals surface area contributed by atoms with Crippen LogP contribution in [0.5, 0.6) is 17.2 Å². The molecule has 0 aliphatic rings. The topological polar surface area (TPSA) is 47.9 Å². The van der Waals surface area contributed by atoms with Gasteiger partial charge >= 0.3 is 0 Å². The van der Waals surface area contributed by atoms with Gasteiger partial charge < -0.3 is 19.3 Å². The molecule has 3 aromatic carbocycles. The molecule has 0 spiro atoms. The fourth-order valence-corrected chi connectivity index (χ4v) is 2.36. The smallest absolute Gasteiger partial charge is 0.122 e. The summed E-state index contributed by atoms with van der Waals surface area (Å²) in [6.07, 6.45) is -0.710. The lowest BCUT2D eigenvalue weighted by molar-refractivity contribution is 0.0627. The lowest BCUT2D eigenvalue weighted by atomic mass is 10.1. The van der Waals surface area contributed by atoms with Crippen LogP contribution in [-0.4, -0.2) is 31.5 Å². The van der Waals surface area contributed by atoms with Gasteiger partial charge in [-0.15, -0.1) is 0 Å². The van der Waals surface area contributed by atoms with Crippen LogP contribution in [-0.2, 0) is 0 Å². The van der Waals surface area contributed by atoms with Crippen molar-refractivity contribution < 1.29 is 19.3 Å². The first-order valence-corrected chi connectivity index (χ1v) is 7.81. The Morgan fingerprint density at radius 1 is 0.750 bits per heavy atom. The van der Waals surface area contributed by atoms with Gasteiger partial charge in [0.15, 0.2) is 0 Å². The molecular formula is C20H20O4. The standard InChI is InChI=1S/C20H20O4/c1-22-18-8-10-19(11-9-18)23-13-17(21)14-24-20-7-6-15-4-2-3-5-16(15)12-20/h2-12,17,21H,13-14H2,1H3. The van der Waals surface area contributed by atoms with E-state index in [0.717, 1.165) is 22.3 Å². The molecule has 0 saturated carbocycles. The zero-order valence-electron chi connectivity index (χ0n) is 13.5. The van der Waals surface area contributed by atoms with Gasteiger partial charge in [0, 0.05) is 0 Å². The highest BCUT2D eigenvalue weighted by Gasteiger charge is 2.07. The molecule has 0 fully saturated rings. The Hall–Kier alpha value is -2.72. The van der Waals surface area contributed by atoms with Crippen molar-refractivity contribution in [3.8, 4) is 17.2 Å². The van der Waals surface area contributed by atoms with E-state index in [1.165, 1.54) is 0 Å². The van der Waals surface area contributed by atoms with Crippen molar-refractivity contribution in [3.63, 3.8) is 0 Å². The van der Waals surface area contributed by atoms with E-state index in [-0.39, 0.29) is 13.2 Å². The Balaban J connectivity index is 1.49. The highest BCUT2D eigenvalue weighted by molar-refractivity contribution is 5.83. The van der Waals surface area contributed by atoms with Gasteiger partial charge in [0.05, 0.1) is 7.11 Å². The van der Waals surface area contributed by atoms with E-state index in [1.54, 1.807) is 19.2 Å². The second-order valence-corrected chi connectivity index (χ2v) is 5.46. The number of aliphatic hydroxyl groups excluding tert-OH is 1. The van der Waals surface area contributed by atoms with Crippen LogP contribution in [0, 0.1) is 0 Å². The van der Waals surface area contributed by atoms with Crippen LogP contribution in [0.1, 0.15) is 0 Å². The molecule has 1 N–H and O–H groups in total. The maximum Gasteiger partial charge on any atom is 0.122 e. The highest BCUT2D eigenvalue weighted by atomic mass is 16.5. The van der Waals surface area contributed by atoms with Crippen LogP contribution in [0.25, 0.3) is 10.8 Å². The minimum absolute atomic E-state index is 0.167. The summed E-state index contributed by atoms with van der Waals surface area (Å²) < 4.78 is 16.3. The fourth-order valence-electron chi connectivity index (χ4n) is 2.36. The zero-order valence-corrected chi connectivity index (χ0v) is 13.5. The van der Waals surface area contributed by atoms with E-state index in [1.807, 2.05) is 48.5 Å². The third kappa shape index (κ3) is 4.18. The molecule has 3 aromatic rings. The van der Waals surface area contributed by atoms with Gasteiger partial charge in [-0.25, -0.2) is 0 Å². The van der Waals surface area contributed by atoms with E-state index in [0.29, 0.717) is 5.75 Å². The normalized spacial score (nSPS) is 11.9. The Bertz CT molecular complexity index is 783. The van der Waals surface area contributed by atoms with Crippen molar-refractivity contribution in [1.29, 1.82) is 0 Å². The number of hydrogen-bond donors (Lipinski definition) is 1. The molecular weight excluding hydrogens is 304 g/mol. The molecule has 24 heavy (non-hydrogen) atoms. The molecule has 1 unspecified atom stereocenters. The monoisotopic (exact) mass is 324 g/mol. The third-order valence-electron chi connectivity index (χ3n) is 3.67. The molecule has 0 aromatic heterocycles. The number of ether oxygens (including phenoxy) is 3. The number of aliphatic hydroxyl groups is 1. The van der Waals surface area contributed by atoms with Crippen LogP contribution in [0.15, 0.2) is 66.7 Å². The van der Waals surface area contributed by atoms with Gasteiger partial charge in [0.1, 0.15) is 36.6 Å². The van der Waals surface area contributed by atoms with Gasteiger partial charge in [-0.2, -0.15) is 0 Å². The molecule has 0 saturated heterocycles. The predicted molar refractivity (Wildman–Crippen MR) is 93.9 cm³/mol. The third-order valence-corrected chi connectivity index (χ3v) is 3.67. The average Bonchev–Trinajstić information content (AvgIpc) is 2.65. The second kappa shape index (κ2) is 7.70. The van der Waals surface area contributed by atoms with Crippen molar-refractivity contribution in [1.82, 2.24) is 0 Å². The van der Waals surface area contributed by atoms with Crippen LogP contribution >= 0.6 is 0 Å². The van der Waals surface area contributed by atoms with Gasteiger partial charge in [0.2, 0.25) is 0 Å². The molecule has 0 heterocycles. The molecule has 0 bridgehead atoms. The highest BCUT2D eigenvalue weighted by Crippen LogP contribution is 2.21. The molecule has 0 amide bonds. The minimum Gasteiger partial charge on any atom is -0.497 e. The maximum atomic E-state index is 10.0. The number of benzene rings is 3.